The molecule has 0 fully saturated rings. The summed E-state index contributed by atoms with van der Waals surface area (Å²) in [5.74, 6) is 0.805. The first-order chi connectivity index (χ1) is 6.77. The molecule has 0 aliphatic rings. The lowest BCUT2D eigenvalue weighted by atomic mass is 10.1. The Morgan fingerprint density at radius 2 is 2.29 bits per heavy atom. The van der Waals surface area contributed by atoms with Crippen LogP contribution in [0.4, 0.5) is 5.69 Å². The quantitative estimate of drug-likeness (QED) is 0.744. The van der Waals surface area contributed by atoms with Gasteiger partial charge in [-0.1, -0.05) is 0 Å². The molecule has 74 valence electrons. The van der Waals surface area contributed by atoms with Crippen LogP contribution in [0.1, 0.15) is 5.56 Å². The molecule has 1 aromatic heterocycles. The zero-order valence-corrected chi connectivity index (χ0v) is 8.60. The second-order valence-electron chi connectivity index (χ2n) is 2.98. The molecule has 0 atom stereocenters. The third kappa shape index (κ3) is 1.23. The third-order valence-electron chi connectivity index (χ3n) is 2.18. The number of hydrogen-bond acceptors (Lipinski definition) is 4. The van der Waals surface area contributed by atoms with Crippen molar-refractivity contribution in [1.82, 2.24) is 0 Å². The molecule has 2 rings (SSSR count). The third-order valence-corrected chi connectivity index (χ3v) is 3.23. The second kappa shape index (κ2) is 3.48. The van der Waals surface area contributed by atoms with E-state index in [-0.39, 0.29) is 6.61 Å². The van der Waals surface area contributed by atoms with Crippen molar-refractivity contribution in [1.29, 1.82) is 0 Å². The Morgan fingerprint density at radius 3 is 2.93 bits per heavy atom. The van der Waals surface area contributed by atoms with Crippen LogP contribution in [0, 0.1) is 0 Å². The van der Waals surface area contributed by atoms with Gasteiger partial charge in [0.15, 0.2) is 0 Å². The van der Waals surface area contributed by atoms with Crippen LogP contribution in [0.5, 0.6) is 5.75 Å². The topological polar surface area (TPSA) is 55.5 Å². The molecule has 0 aliphatic heterocycles. The molecule has 14 heavy (non-hydrogen) atoms. The molecule has 0 spiro atoms. The lowest BCUT2D eigenvalue weighted by Gasteiger charge is -2.04. The minimum atomic E-state index is 0.0113. The fourth-order valence-electron chi connectivity index (χ4n) is 1.49. The molecule has 0 radical (unpaired) electrons. The predicted molar refractivity (Wildman–Crippen MR) is 58.7 cm³/mol. The van der Waals surface area contributed by atoms with Gasteiger partial charge in [-0.2, -0.15) is 0 Å². The molecule has 1 aromatic carbocycles. The van der Waals surface area contributed by atoms with Crippen LogP contribution in [-0.4, -0.2) is 12.2 Å². The molecule has 0 bridgehead atoms. The van der Waals surface area contributed by atoms with Gasteiger partial charge in [-0.05, 0) is 23.1 Å². The standard InChI is InChI=1S/C10H11NO2S/c1-13-8-3-2-7(11)9-6(4-12)5-14-10(8)9/h2-3,5,12H,4,11H2,1H3. The number of thiophene rings is 1. The van der Waals surface area contributed by atoms with Crippen LogP contribution in [0.25, 0.3) is 10.1 Å². The van der Waals surface area contributed by atoms with E-state index in [1.165, 1.54) is 11.3 Å². The molecule has 4 heteroatoms. The maximum absolute atomic E-state index is 9.12. The van der Waals surface area contributed by atoms with Crippen LogP contribution >= 0.6 is 11.3 Å². The molecule has 0 unspecified atom stereocenters. The van der Waals surface area contributed by atoms with Crippen LogP contribution in [0.3, 0.4) is 0 Å². The number of anilines is 1. The highest BCUT2D eigenvalue weighted by molar-refractivity contribution is 7.17. The summed E-state index contributed by atoms with van der Waals surface area (Å²) in [5.41, 5.74) is 7.39. The summed E-state index contributed by atoms with van der Waals surface area (Å²) in [4.78, 5) is 0. The zero-order valence-electron chi connectivity index (χ0n) is 7.78. The maximum atomic E-state index is 9.12. The number of nitrogen functional groups attached to an aromatic ring is 1. The minimum absolute atomic E-state index is 0.0113. The first-order valence-corrected chi connectivity index (χ1v) is 5.09. The molecule has 3 N–H and O–H groups in total. The summed E-state index contributed by atoms with van der Waals surface area (Å²) in [5, 5.41) is 11.9. The number of methoxy groups -OCH3 is 1. The number of ether oxygens (including phenoxy) is 1. The first-order valence-electron chi connectivity index (χ1n) is 4.21. The summed E-state index contributed by atoms with van der Waals surface area (Å²) in [6.07, 6.45) is 0. The summed E-state index contributed by atoms with van der Waals surface area (Å²) >= 11 is 1.54. The average molecular weight is 209 g/mol. The average Bonchev–Trinajstić information content (AvgIpc) is 2.63. The fraction of sp³-hybridized carbons (Fsp3) is 0.200. The van der Waals surface area contributed by atoms with Crippen molar-refractivity contribution >= 4 is 27.1 Å². The first kappa shape index (κ1) is 9.30. The Balaban J connectivity index is 2.80. The van der Waals surface area contributed by atoms with E-state index in [1.54, 1.807) is 13.2 Å². The Hall–Kier alpha value is -1.26. The summed E-state index contributed by atoms with van der Waals surface area (Å²) in [6, 6.07) is 3.64. The Labute approximate surface area is 85.7 Å². The Kier molecular flexibility index (Phi) is 2.31. The van der Waals surface area contributed by atoms with E-state index >= 15 is 0 Å². The van der Waals surface area contributed by atoms with E-state index in [9.17, 15) is 0 Å². The Morgan fingerprint density at radius 1 is 1.50 bits per heavy atom. The number of nitrogens with two attached hydrogens (primary N) is 1. The molecule has 0 saturated heterocycles. The van der Waals surface area contributed by atoms with Gasteiger partial charge in [-0.15, -0.1) is 11.3 Å². The van der Waals surface area contributed by atoms with Crippen LogP contribution < -0.4 is 10.5 Å². The van der Waals surface area contributed by atoms with Gasteiger partial charge in [0.25, 0.3) is 0 Å². The fourth-order valence-corrected chi connectivity index (χ4v) is 2.58. The van der Waals surface area contributed by atoms with Crippen molar-refractivity contribution < 1.29 is 9.84 Å². The van der Waals surface area contributed by atoms with Gasteiger partial charge in [-0.25, -0.2) is 0 Å². The highest BCUT2D eigenvalue weighted by atomic mass is 32.1. The smallest absolute Gasteiger partial charge is 0.136 e. The molecule has 3 nitrogen and oxygen atoms in total. The number of hydrogen-bond donors (Lipinski definition) is 2. The molecular weight excluding hydrogens is 198 g/mol. The van der Waals surface area contributed by atoms with E-state index in [0.29, 0.717) is 5.69 Å². The number of fused-ring (bicyclic) bond motifs is 1. The molecule has 0 aliphatic carbocycles. The van der Waals surface area contributed by atoms with Gasteiger partial charge in [0.1, 0.15) is 5.75 Å². The van der Waals surface area contributed by atoms with E-state index in [2.05, 4.69) is 0 Å². The van der Waals surface area contributed by atoms with E-state index in [4.69, 9.17) is 15.6 Å². The van der Waals surface area contributed by atoms with Crippen LogP contribution in [0.2, 0.25) is 0 Å². The van der Waals surface area contributed by atoms with Crippen molar-refractivity contribution in [3.05, 3.63) is 23.1 Å². The molecule has 0 amide bonds. The van der Waals surface area contributed by atoms with Gasteiger partial charge in [-0.3, -0.25) is 0 Å². The van der Waals surface area contributed by atoms with Crippen molar-refractivity contribution in [3.8, 4) is 5.75 Å². The van der Waals surface area contributed by atoms with Crippen molar-refractivity contribution in [2.45, 2.75) is 6.61 Å². The normalized spacial score (nSPS) is 10.7. The molecule has 2 aromatic rings. The summed E-state index contributed by atoms with van der Waals surface area (Å²) in [6.45, 7) is 0.0113. The van der Waals surface area contributed by atoms with Crippen molar-refractivity contribution in [2.75, 3.05) is 12.8 Å². The monoisotopic (exact) mass is 209 g/mol. The molecular formula is C10H11NO2S. The van der Waals surface area contributed by atoms with Gasteiger partial charge in [0, 0.05) is 11.1 Å². The highest BCUT2D eigenvalue weighted by Crippen LogP contribution is 2.37. The minimum Gasteiger partial charge on any atom is -0.495 e. The van der Waals surface area contributed by atoms with Crippen molar-refractivity contribution in [3.63, 3.8) is 0 Å². The lowest BCUT2D eigenvalue weighted by Crippen LogP contribution is -1.90. The van der Waals surface area contributed by atoms with Crippen LogP contribution in [0.15, 0.2) is 17.5 Å². The van der Waals surface area contributed by atoms with Gasteiger partial charge < -0.3 is 15.6 Å². The maximum Gasteiger partial charge on any atom is 0.136 e. The summed E-state index contributed by atoms with van der Waals surface area (Å²) < 4.78 is 6.21. The predicted octanol–water partition coefficient (Wildman–Crippen LogP) is 1.98. The van der Waals surface area contributed by atoms with E-state index < -0.39 is 0 Å². The molecule has 0 saturated carbocycles. The number of aliphatic hydroxyl groups is 1. The van der Waals surface area contributed by atoms with Crippen LogP contribution in [-0.2, 0) is 6.61 Å². The van der Waals surface area contributed by atoms with Gasteiger partial charge in [0.05, 0.1) is 18.4 Å². The second-order valence-corrected chi connectivity index (χ2v) is 3.86. The number of aliphatic hydroxyl groups excluding tert-OH is 1. The largest absolute Gasteiger partial charge is 0.495 e. The Bertz CT molecular complexity index is 464. The van der Waals surface area contributed by atoms with Gasteiger partial charge >= 0.3 is 0 Å². The van der Waals surface area contributed by atoms with Crippen molar-refractivity contribution in [2.24, 2.45) is 0 Å². The van der Waals surface area contributed by atoms with E-state index in [0.717, 1.165) is 21.4 Å². The lowest BCUT2D eigenvalue weighted by molar-refractivity contribution is 0.284. The highest BCUT2D eigenvalue weighted by Gasteiger charge is 2.10. The van der Waals surface area contributed by atoms with E-state index in [1.807, 2.05) is 11.4 Å². The number of benzene rings is 1. The zero-order chi connectivity index (χ0) is 10.1. The number of rotatable bonds is 2. The molecule has 1 heterocycles. The van der Waals surface area contributed by atoms with Gasteiger partial charge in [0.2, 0.25) is 0 Å². The summed E-state index contributed by atoms with van der Waals surface area (Å²) in [7, 11) is 1.63. The SMILES string of the molecule is COc1ccc(N)c2c(CO)csc12.